The van der Waals surface area contributed by atoms with E-state index in [4.69, 9.17) is 4.74 Å². The zero-order valence-electron chi connectivity index (χ0n) is 17.0. The Labute approximate surface area is 173 Å². The van der Waals surface area contributed by atoms with Gasteiger partial charge >= 0.3 is 5.97 Å². The van der Waals surface area contributed by atoms with Crippen LogP contribution in [0.3, 0.4) is 0 Å². The molecule has 0 unspecified atom stereocenters. The second-order valence-electron chi connectivity index (χ2n) is 6.79. The summed E-state index contributed by atoms with van der Waals surface area (Å²) in [6, 6.07) is 12.8. The molecular weight excluding hydrogens is 390 g/mol. The van der Waals surface area contributed by atoms with Crippen LogP contribution in [0.1, 0.15) is 29.8 Å². The summed E-state index contributed by atoms with van der Waals surface area (Å²) in [7, 11) is 0. The smallest absolute Gasteiger partial charge is 0.325 e. The van der Waals surface area contributed by atoms with Crippen LogP contribution < -0.4 is 10.2 Å². The summed E-state index contributed by atoms with van der Waals surface area (Å²) in [6.45, 7) is 4.31. The van der Waals surface area contributed by atoms with Gasteiger partial charge in [-0.2, -0.15) is 0 Å². The molecule has 2 aromatic rings. The van der Waals surface area contributed by atoms with Crippen LogP contribution in [-0.4, -0.2) is 41.9 Å². The number of carbonyl (C=O) groups is 3. The van der Waals surface area contributed by atoms with Crippen molar-refractivity contribution < 1.29 is 24.0 Å². The average molecular weight is 413 g/mol. The molecular formula is C21H23N3O6. The largest absolute Gasteiger partial charge is 0.454 e. The maximum absolute atomic E-state index is 12.5. The highest BCUT2D eigenvalue weighted by Crippen LogP contribution is 2.19. The Balaban J connectivity index is 1.88. The van der Waals surface area contributed by atoms with E-state index in [2.05, 4.69) is 5.32 Å². The third-order valence-electron chi connectivity index (χ3n) is 4.23. The maximum Gasteiger partial charge on any atom is 0.325 e. The van der Waals surface area contributed by atoms with Crippen molar-refractivity contribution in [2.24, 2.45) is 0 Å². The van der Waals surface area contributed by atoms with Crippen LogP contribution >= 0.6 is 0 Å². The molecule has 0 radical (unpaired) electrons. The van der Waals surface area contributed by atoms with Crippen LogP contribution in [0, 0.1) is 17.0 Å². The van der Waals surface area contributed by atoms with Crippen molar-refractivity contribution in [3.05, 3.63) is 69.8 Å². The SMILES string of the molecule is Cc1cc(C(=O)NCC(=O)OCC(=O)N(c2ccccc2)C(C)C)ccc1[N+](=O)[O-]. The molecule has 2 amide bonds. The number of nitro groups is 1. The normalized spacial score (nSPS) is 10.4. The first kappa shape index (κ1) is 22.5. The van der Waals surface area contributed by atoms with Crippen LogP contribution in [0.2, 0.25) is 0 Å². The van der Waals surface area contributed by atoms with E-state index in [1.165, 1.54) is 30.0 Å². The topological polar surface area (TPSA) is 119 Å². The number of benzene rings is 2. The van der Waals surface area contributed by atoms with Gasteiger partial charge in [0.05, 0.1) is 4.92 Å². The number of aryl methyl sites for hydroxylation is 1. The minimum absolute atomic E-state index is 0.0994. The fraction of sp³-hybridized carbons (Fsp3) is 0.286. The first-order chi connectivity index (χ1) is 14.2. The first-order valence-electron chi connectivity index (χ1n) is 9.26. The highest BCUT2D eigenvalue weighted by molar-refractivity contribution is 5.97. The fourth-order valence-corrected chi connectivity index (χ4v) is 2.84. The molecule has 0 atom stereocenters. The van der Waals surface area contributed by atoms with Crippen molar-refractivity contribution in [2.75, 3.05) is 18.1 Å². The second kappa shape index (κ2) is 10.1. The quantitative estimate of drug-likeness (QED) is 0.404. The Bertz CT molecular complexity index is 943. The molecule has 0 spiro atoms. The van der Waals surface area contributed by atoms with Crippen LogP contribution in [0.5, 0.6) is 0 Å². The van der Waals surface area contributed by atoms with Gasteiger partial charge in [0.2, 0.25) is 0 Å². The van der Waals surface area contributed by atoms with Crippen LogP contribution in [0.15, 0.2) is 48.5 Å². The van der Waals surface area contributed by atoms with Gasteiger partial charge in [0, 0.05) is 28.9 Å². The van der Waals surface area contributed by atoms with E-state index in [-0.39, 0.29) is 23.2 Å². The van der Waals surface area contributed by atoms with Gasteiger partial charge in [-0.05, 0) is 45.0 Å². The Hall–Kier alpha value is -3.75. The average Bonchev–Trinajstić information content (AvgIpc) is 2.70. The summed E-state index contributed by atoms with van der Waals surface area (Å²) in [5.41, 5.74) is 1.10. The minimum Gasteiger partial charge on any atom is -0.454 e. The van der Waals surface area contributed by atoms with E-state index in [1.807, 2.05) is 19.9 Å². The van der Waals surface area contributed by atoms with E-state index in [9.17, 15) is 24.5 Å². The lowest BCUT2D eigenvalue weighted by Crippen LogP contribution is -2.40. The molecule has 158 valence electrons. The van der Waals surface area contributed by atoms with E-state index in [0.29, 0.717) is 11.3 Å². The summed E-state index contributed by atoms with van der Waals surface area (Å²) in [4.78, 5) is 48.4. The number of amides is 2. The van der Waals surface area contributed by atoms with E-state index < -0.39 is 30.0 Å². The van der Waals surface area contributed by atoms with Gasteiger partial charge in [-0.15, -0.1) is 0 Å². The zero-order valence-corrected chi connectivity index (χ0v) is 17.0. The number of ether oxygens (including phenoxy) is 1. The molecule has 30 heavy (non-hydrogen) atoms. The van der Waals surface area contributed by atoms with Gasteiger partial charge in [0.15, 0.2) is 6.61 Å². The molecule has 0 bridgehead atoms. The van der Waals surface area contributed by atoms with E-state index >= 15 is 0 Å². The number of esters is 1. The molecule has 0 saturated heterocycles. The molecule has 0 aromatic heterocycles. The third kappa shape index (κ3) is 5.87. The number of hydrogen-bond acceptors (Lipinski definition) is 6. The highest BCUT2D eigenvalue weighted by Gasteiger charge is 2.21. The number of carbonyl (C=O) groups excluding carboxylic acids is 3. The minimum atomic E-state index is -0.771. The lowest BCUT2D eigenvalue weighted by atomic mass is 10.1. The third-order valence-corrected chi connectivity index (χ3v) is 4.23. The number of anilines is 1. The van der Waals surface area contributed by atoms with Crippen molar-refractivity contribution in [3.63, 3.8) is 0 Å². The number of rotatable bonds is 8. The molecule has 0 aliphatic carbocycles. The van der Waals surface area contributed by atoms with E-state index in [0.717, 1.165) is 0 Å². The number of nitrogens with zero attached hydrogens (tertiary/aromatic N) is 2. The first-order valence-corrected chi connectivity index (χ1v) is 9.26. The summed E-state index contributed by atoms with van der Waals surface area (Å²) in [5.74, 6) is -1.74. The van der Waals surface area contributed by atoms with Gasteiger partial charge in [0.25, 0.3) is 17.5 Å². The molecule has 1 N–H and O–H groups in total. The Morgan fingerprint density at radius 1 is 1.13 bits per heavy atom. The van der Waals surface area contributed by atoms with Crippen LogP contribution in [-0.2, 0) is 14.3 Å². The fourth-order valence-electron chi connectivity index (χ4n) is 2.84. The summed E-state index contributed by atoms with van der Waals surface area (Å²) < 4.78 is 4.98. The van der Waals surface area contributed by atoms with Gasteiger partial charge in [-0.1, -0.05) is 18.2 Å². The van der Waals surface area contributed by atoms with Gasteiger partial charge in [-0.25, -0.2) is 0 Å². The van der Waals surface area contributed by atoms with Crippen molar-refractivity contribution >= 4 is 29.2 Å². The standard InChI is InChI=1S/C21H23N3O6/c1-14(2)23(17-7-5-4-6-8-17)19(25)13-30-20(26)12-22-21(27)16-9-10-18(24(28)29)15(3)11-16/h4-11,14H,12-13H2,1-3H3,(H,22,27). The molecule has 2 rings (SSSR count). The van der Waals surface area contributed by atoms with Gasteiger partial charge in [-0.3, -0.25) is 24.5 Å². The molecule has 0 aliphatic heterocycles. The summed E-state index contributed by atoms with van der Waals surface area (Å²) in [5, 5.41) is 13.2. The summed E-state index contributed by atoms with van der Waals surface area (Å²) in [6.07, 6.45) is 0. The van der Waals surface area contributed by atoms with Gasteiger partial charge in [0.1, 0.15) is 6.54 Å². The Kier molecular flexibility index (Phi) is 7.62. The molecule has 0 saturated carbocycles. The molecule has 9 nitrogen and oxygen atoms in total. The predicted octanol–water partition coefficient (Wildman–Crippen LogP) is 2.62. The van der Waals surface area contributed by atoms with E-state index in [1.54, 1.807) is 24.3 Å². The lowest BCUT2D eigenvalue weighted by Gasteiger charge is -2.26. The van der Waals surface area contributed by atoms with Crippen molar-refractivity contribution in [2.45, 2.75) is 26.8 Å². The maximum atomic E-state index is 12.5. The monoisotopic (exact) mass is 413 g/mol. The second-order valence-corrected chi connectivity index (χ2v) is 6.79. The van der Waals surface area contributed by atoms with Crippen LogP contribution in [0.4, 0.5) is 11.4 Å². The van der Waals surface area contributed by atoms with Crippen molar-refractivity contribution in [3.8, 4) is 0 Å². The summed E-state index contributed by atoms with van der Waals surface area (Å²) >= 11 is 0. The molecule has 0 heterocycles. The number of nitro benzene ring substituents is 1. The molecule has 0 fully saturated rings. The Morgan fingerprint density at radius 2 is 1.80 bits per heavy atom. The number of nitrogens with one attached hydrogen (secondary N) is 1. The highest BCUT2D eigenvalue weighted by atomic mass is 16.6. The molecule has 2 aromatic carbocycles. The van der Waals surface area contributed by atoms with Crippen molar-refractivity contribution in [1.82, 2.24) is 5.32 Å². The van der Waals surface area contributed by atoms with Crippen molar-refractivity contribution in [1.29, 1.82) is 0 Å². The zero-order chi connectivity index (χ0) is 22.3. The number of hydrogen-bond donors (Lipinski definition) is 1. The molecule has 0 aliphatic rings. The van der Waals surface area contributed by atoms with Gasteiger partial charge < -0.3 is 15.0 Å². The Morgan fingerprint density at radius 3 is 2.37 bits per heavy atom. The lowest BCUT2D eigenvalue weighted by molar-refractivity contribution is -0.385. The molecule has 9 heteroatoms. The predicted molar refractivity (Wildman–Crippen MR) is 110 cm³/mol. The van der Waals surface area contributed by atoms with Crippen LogP contribution in [0.25, 0.3) is 0 Å². The number of para-hydroxylation sites is 1.